The van der Waals surface area contributed by atoms with E-state index in [1.807, 2.05) is 12.1 Å². The number of fused-ring (bicyclic) bond motifs is 2. The molecule has 0 spiro atoms. The van der Waals surface area contributed by atoms with E-state index >= 15 is 0 Å². The minimum Gasteiger partial charge on any atom is -0.508 e. The fourth-order valence-electron chi connectivity index (χ4n) is 2.08. The molecule has 3 heteroatoms. The molecule has 0 amide bonds. The molecule has 3 nitrogen and oxygen atoms in total. The number of aliphatic hydroxyl groups is 1. The second kappa shape index (κ2) is 3.23. The predicted octanol–water partition coefficient (Wildman–Crippen LogP) is 2.26. The summed E-state index contributed by atoms with van der Waals surface area (Å²) in [6.45, 7) is 0. The average molecular weight is 214 g/mol. The highest BCUT2D eigenvalue weighted by Gasteiger charge is 2.35. The van der Waals surface area contributed by atoms with Crippen molar-refractivity contribution in [3.63, 3.8) is 0 Å². The van der Waals surface area contributed by atoms with Crippen molar-refractivity contribution in [1.82, 2.24) is 0 Å². The molecule has 1 N–H and O–H groups in total. The number of ketones is 1. The van der Waals surface area contributed by atoms with Gasteiger partial charge < -0.3 is 9.84 Å². The number of para-hydroxylation sites is 1. The van der Waals surface area contributed by atoms with Crippen LogP contribution < -0.4 is 4.74 Å². The maximum absolute atomic E-state index is 12.1. The van der Waals surface area contributed by atoms with Gasteiger partial charge in [0.15, 0.2) is 5.78 Å². The molecule has 1 aromatic carbocycles. The largest absolute Gasteiger partial charge is 0.508 e. The first kappa shape index (κ1) is 9.21. The van der Waals surface area contributed by atoms with Crippen molar-refractivity contribution in [2.45, 2.75) is 6.10 Å². The minimum absolute atomic E-state index is 0.0480. The van der Waals surface area contributed by atoms with Gasteiger partial charge in [-0.25, -0.2) is 0 Å². The Balaban J connectivity index is 2.09. The summed E-state index contributed by atoms with van der Waals surface area (Å²) in [5.74, 6) is 0.471. The molecule has 1 aromatic rings. The highest BCUT2D eigenvalue weighted by Crippen LogP contribution is 2.33. The molecule has 2 aliphatic rings. The standard InChI is InChI=1S/C13H10O3/c14-8-5-6-10-12(7-8)16-11-4-2-1-3-9(11)13(10)15/h1-7,10,12,14H. The number of carbonyl (C=O) groups is 1. The minimum atomic E-state index is -0.382. The summed E-state index contributed by atoms with van der Waals surface area (Å²) in [6.07, 6.45) is 4.42. The van der Waals surface area contributed by atoms with Crippen LogP contribution in [0.15, 0.2) is 48.3 Å². The second-order valence-electron chi connectivity index (χ2n) is 3.92. The number of hydrogen-bond acceptors (Lipinski definition) is 3. The van der Waals surface area contributed by atoms with Gasteiger partial charge in [0.2, 0.25) is 0 Å². The van der Waals surface area contributed by atoms with Crippen LogP contribution in [0.4, 0.5) is 0 Å². The summed E-state index contributed by atoms with van der Waals surface area (Å²) in [5, 5.41) is 9.37. The van der Waals surface area contributed by atoms with Crippen LogP contribution in [-0.4, -0.2) is 17.0 Å². The lowest BCUT2D eigenvalue weighted by atomic mass is 9.86. The quantitative estimate of drug-likeness (QED) is 0.720. The molecule has 0 saturated heterocycles. The summed E-state index contributed by atoms with van der Waals surface area (Å²) in [6, 6.07) is 7.18. The predicted molar refractivity (Wildman–Crippen MR) is 58.5 cm³/mol. The van der Waals surface area contributed by atoms with Crippen molar-refractivity contribution in [2.24, 2.45) is 5.92 Å². The van der Waals surface area contributed by atoms with E-state index in [0.717, 1.165) is 0 Å². The topological polar surface area (TPSA) is 46.5 Å². The smallest absolute Gasteiger partial charge is 0.177 e. The summed E-state index contributed by atoms with van der Waals surface area (Å²) >= 11 is 0. The van der Waals surface area contributed by atoms with Crippen molar-refractivity contribution in [3.05, 3.63) is 53.8 Å². The molecule has 2 unspecified atom stereocenters. The highest BCUT2D eigenvalue weighted by molar-refractivity contribution is 6.03. The number of hydrogen-bond donors (Lipinski definition) is 1. The molecular formula is C13H10O3. The van der Waals surface area contributed by atoms with Crippen LogP contribution in [0.25, 0.3) is 0 Å². The Morgan fingerprint density at radius 3 is 2.94 bits per heavy atom. The Morgan fingerprint density at radius 1 is 1.25 bits per heavy atom. The zero-order valence-corrected chi connectivity index (χ0v) is 8.46. The Hall–Kier alpha value is -2.03. The fourth-order valence-corrected chi connectivity index (χ4v) is 2.08. The average Bonchev–Trinajstić information content (AvgIpc) is 2.29. The Morgan fingerprint density at radius 2 is 2.06 bits per heavy atom. The van der Waals surface area contributed by atoms with Crippen molar-refractivity contribution in [3.8, 4) is 5.75 Å². The van der Waals surface area contributed by atoms with Crippen LogP contribution in [0.2, 0.25) is 0 Å². The second-order valence-corrected chi connectivity index (χ2v) is 3.92. The van der Waals surface area contributed by atoms with Crippen LogP contribution in [0.3, 0.4) is 0 Å². The molecule has 80 valence electrons. The van der Waals surface area contributed by atoms with E-state index in [9.17, 15) is 9.90 Å². The Kier molecular flexibility index (Phi) is 1.86. The molecule has 16 heavy (non-hydrogen) atoms. The molecule has 3 rings (SSSR count). The molecule has 0 saturated carbocycles. The lowest BCUT2D eigenvalue weighted by Crippen LogP contribution is -2.36. The number of ether oxygens (including phenoxy) is 1. The van der Waals surface area contributed by atoms with Gasteiger partial charge in [0.25, 0.3) is 0 Å². The van der Waals surface area contributed by atoms with Crippen LogP contribution in [0.5, 0.6) is 5.75 Å². The molecule has 0 radical (unpaired) electrons. The molecule has 0 bridgehead atoms. The monoisotopic (exact) mass is 214 g/mol. The molecule has 1 aliphatic heterocycles. The molecular weight excluding hydrogens is 204 g/mol. The van der Waals surface area contributed by atoms with Crippen LogP contribution >= 0.6 is 0 Å². The molecule has 1 aliphatic carbocycles. The number of aliphatic hydroxyl groups excluding tert-OH is 1. The lowest BCUT2D eigenvalue weighted by molar-refractivity contribution is 0.0801. The number of Topliss-reactive ketones (excluding diaryl/α,β-unsaturated/α-hetero) is 1. The summed E-state index contributed by atoms with van der Waals surface area (Å²) < 4.78 is 5.67. The van der Waals surface area contributed by atoms with Gasteiger partial charge in [-0.15, -0.1) is 0 Å². The van der Waals surface area contributed by atoms with E-state index in [1.165, 1.54) is 6.08 Å². The van der Waals surface area contributed by atoms with E-state index in [-0.39, 0.29) is 23.6 Å². The number of rotatable bonds is 0. The van der Waals surface area contributed by atoms with Gasteiger partial charge in [-0.1, -0.05) is 18.2 Å². The normalized spacial score (nSPS) is 26.5. The van der Waals surface area contributed by atoms with Gasteiger partial charge in [-0.3, -0.25) is 4.79 Å². The summed E-state index contributed by atoms with van der Waals surface area (Å²) in [4.78, 5) is 12.1. The van der Waals surface area contributed by atoms with E-state index in [1.54, 1.807) is 24.3 Å². The van der Waals surface area contributed by atoms with Crippen LogP contribution in [-0.2, 0) is 0 Å². The molecule has 0 aromatic heterocycles. The SMILES string of the molecule is O=C1c2ccccc2OC2C=C(O)C=CC12. The lowest BCUT2D eigenvalue weighted by Gasteiger charge is -2.30. The zero-order chi connectivity index (χ0) is 11.1. The third kappa shape index (κ3) is 1.25. The van der Waals surface area contributed by atoms with Gasteiger partial charge in [0.1, 0.15) is 17.6 Å². The first-order valence-corrected chi connectivity index (χ1v) is 5.14. The van der Waals surface area contributed by atoms with E-state index < -0.39 is 0 Å². The van der Waals surface area contributed by atoms with Crippen molar-refractivity contribution < 1.29 is 14.6 Å². The zero-order valence-electron chi connectivity index (χ0n) is 8.46. The highest BCUT2D eigenvalue weighted by atomic mass is 16.5. The van der Waals surface area contributed by atoms with Gasteiger partial charge >= 0.3 is 0 Å². The third-order valence-electron chi connectivity index (χ3n) is 2.88. The van der Waals surface area contributed by atoms with Crippen molar-refractivity contribution in [2.75, 3.05) is 0 Å². The maximum Gasteiger partial charge on any atom is 0.177 e. The Labute approximate surface area is 92.7 Å². The van der Waals surface area contributed by atoms with Gasteiger partial charge in [0.05, 0.1) is 11.5 Å². The van der Waals surface area contributed by atoms with Crippen LogP contribution in [0.1, 0.15) is 10.4 Å². The van der Waals surface area contributed by atoms with E-state index in [0.29, 0.717) is 11.3 Å². The number of allylic oxidation sites excluding steroid dienone is 1. The number of carbonyl (C=O) groups excluding carboxylic acids is 1. The van der Waals surface area contributed by atoms with Crippen molar-refractivity contribution in [1.29, 1.82) is 0 Å². The Bertz CT molecular complexity index is 514. The van der Waals surface area contributed by atoms with E-state index in [2.05, 4.69) is 0 Å². The summed E-state index contributed by atoms with van der Waals surface area (Å²) in [7, 11) is 0. The first-order chi connectivity index (χ1) is 7.75. The maximum atomic E-state index is 12.1. The van der Waals surface area contributed by atoms with Crippen molar-refractivity contribution >= 4 is 5.78 Å². The fraction of sp³-hybridized carbons (Fsp3) is 0.154. The summed E-state index contributed by atoms with van der Waals surface area (Å²) in [5.41, 5.74) is 0.614. The molecule has 2 atom stereocenters. The molecule has 1 heterocycles. The molecule has 0 fully saturated rings. The number of benzene rings is 1. The van der Waals surface area contributed by atoms with E-state index in [4.69, 9.17) is 4.74 Å². The van der Waals surface area contributed by atoms with Gasteiger partial charge in [0, 0.05) is 0 Å². The first-order valence-electron chi connectivity index (χ1n) is 5.14. The van der Waals surface area contributed by atoms with Gasteiger partial charge in [-0.05, 0) is 24.3 Å². The van der Waals surface area contributed by atoms with Crippen LogP contribution in [0, 0.1) is 5.92 Å². The third-order valence-corrected chi connectivity index (χ3v) is 2.88. The van der Waals surface area contributed by atoms with Gasteiger partial charge in [-0.2, -0.15) is 0 Å².